The zero-order chi connectivity index (χ0) is 21.7. The van der Waals surface area contributed by atoms with Crippen LogP contribution in [0.15, 0.2) is 77.7 Å². The molecule has 0 saturated carbocycles. The van der Waals surface area contributed by atoms with E-state index >= 15 is 0 Å². The molecule has 0 radical (unpaired) electrons. The van der Waals surface area contributed by atoms with Gasteiger partial charge in [0.2, 0.25) is 0 Å². The molecule has 0 aliphatic heterocycles. The van der Waals surface area contributed by atoms with Crippen LogP contribution in [0.2, 0.25) is 0 Å². The van der Waals surface area contributed by atoms with Crippen molar-refractivity contribution in [2.24, 2.45) is 0 Å². The van der Waals surface area contributed by atoms with Gasteiger partial charge in [-0.05, 0) is 67.9 Å². The lowest BCUT2D eigenvalue weighted by atomic mass is 10.2. The molecule has 3 aromatic rings. The summed E-state index contributed by atoms with van der Waals surface area (Å²) in [7, 11) is -2.16. The van der Waals surface area contributed by atoms with Crippen LogP contribution in [0.1, 0.15) is 11.1 Å². The first-order chi connectivity index (χ1) is 14.3. The van der Waals surface area contributed by atoms with E-state index in [4.69, 9.17) is 4.74 Å². The summed E-state index contributed by atoms with van der Waals surface area (Å²) in [6.45, 7) is 3.70. The molecule has 1 amide bonds. The number of benzene rings is 3. The summed E-state index contributed by atoms with van der Waals surface area (Å²) in [6, 6.07) is 20.7. The summed E-state index contributed by atoms with van der Waals surface area (Å²) in [6.07, 6.45) is 0. The summed E-state index contributed by atoms with van der Waals surface area (Å²) < 4.78 is 32.3. The lowest BCUT2D eigenvalue weighted by Crippen LogP contribution is -2.26. The number of anilines is 2. The lowest BCUT2D eigenvalue weighted by Gasteiger charge is -2.20. The quantitative estimate of drug-likeness (QED) is 0.618. The van der Waals surface area contributed by atoms with Crippen molar-refractivity contribution in [1.29, 1.82) is 0 Å². The van der Waals surface area contributed by atoms with E-state index in [0.29, 0.717) is 17.1 Å². The standard InChI is InChI=1S/C23H24N2O4S/c1-17-7-13-22(14-8-17)30(27,28)25(3)20-9-11-21(12-10-20)29-16-23(26)24-19-6-4-5-18(2)15-19/h4-15H,16H2,1-3H3,(H,24,26). The van der Waals surface area contributed by atoms with Crippen molar-refractivity contribution in [1.82, 2.24) is 0 Å². The maximum atomic E-state index is 12.8. The number of carbonyl (C=O) groups excluding carboxylic acids is 1. The average molecular weight is 425 g/mol. The highest BCUT2D eigenvalue weighted by Gasteiger charge is 2.21. The minimum absolute atomic E-state index is 0.148. The molecule has 156 valence electrons. The predicted octanol–water partition coefficient (Wildman–Crippen LogP) is 4.15. The zero-order valence-corrected chi connectivity index (χ0v) is 17.9. The predicted molar refractivity (Wildman–Crippen MR) is 119 cm³/mol. The molecule has 3 rings (SSSR count). The molecule has 0 heterocycles. The monoisotopic (exact) mass is 424 g/mol. The van der Waals surface area contributed by atoms with Gasteiger partial charge in [-0.2, -0.15) is 0 Å². The molecular formula is C23H24N2O4S. The normalized spacial score (nSPS) is 11.0. The summed E-state index contributed by atoms with van der Waals surface area (Å²) >= 11 is 0. The van der Waals surface area contributed by atoms with E-state index in [0.717, 1.165) is 11.1 Å². The Bertz CT molecular complexity index is 1120. The highest BCUT2D eigenvalue weighted by Crippen LogP contribution is 2.24. The summed E-state index contributed by atoms with van der Waals surface area (Å²) in [5.74, 6) is 0.197. The molecule has 0 fully saturated rings. The Kier molecular flexibility index (Phi) is 6.42. The van der Waals surface area contributed by atoms with Gasteiger partial charge in [-0.25, -0.2) is 8.42 Å². The minimum Gasteiger partial charge on any atom is -0.484 e. The molecule has 3 aromatic carbocycles. The molecule has 0 bridgehead atoms. The molecule has 0 unspecified atom stereocenters. The number of ether oxygens (including phenoxy) is 1. The molecule has 0 atom stereocenters. The maximum absolute atomic E-state index is 12.8. The van der Waals surface area contributed by atoms with Gasteiger partial charge in [-0.1, -0.05) is 29.8 Å². The van der Waals surface area contributed by atoms with Gasteiger partial charge in [-0.15, -0.1) is 0 Å². The Morgan fingerprint density at radius 3 is 2.23 bits per heavy atom. The average Bonchev–Trinajstić information content (AvgIpc) is 2.72. The van der Waals surface area contributed by atoms with Gasteiger partial charge in [0.25, 0.3) is 15.9 Å². The number of hydrogen-bond acceptors (Lipinski definition) is 4. The summed E-state index contributed by atoms with van der Waals surface area (Å²) in [5.41, 5.74) is 3.24. The molecule has 0 spiro atoms. The van der Waals surface area contributed by atoms with Crippen molar-refractivity contribution in [3.05, 3.63) is 83.9 Å². The molecule has 0 aliphatic carbocycles. The number of sulfonamides is 1. The molecule has 30 heavy (non-hydrogen) atoms. The SMILES string of the molecule is Cc1ccc(S(=O)(=O)N(C)c2ccc(OCC(=O)Nc3cccc(C)c3)cc2)cc1. The van der Waals surface area contributed by atoms with Crippen LogP contribution >= 0.6 is 0 Å². The number of carbonyl (C=O) groups is 1. The fourth-order valence-electron chi connectivity index (χ4n) is 2.83. The third-order valence-electron chi connectivity index (χ3n) is 4.55. The second-order valence-electron chi connectivity index (χ2n) is 6.99. The van der Waals surface area contributed by atoms with Gasteiger partial charge in [0.05, 0.1) is 10.6 Å². The topological polar surface area (TPSA) is 75.7 Å². The van der Waals surface area contributed by atoms with E-state index in [1.54, 1.807) is 48.5 Å². The van der Waals surface area contributed by atoms with Crippen molar-refractivity contribution in [2.45, 2.75) is 18.7 Å². The minimum atomic E-state index is -3.66. The number of amides is 1. The Morgan fingerprint density at radius 2 is 1.60 bits per heavy atom. The summed E-state index contributed by atoms with van der Waals surface area (Å²) in [4.78, 5) is 12.3. The zero-order valence-electron chi connectivity index (χ0n) is 17.1. The van der Waals surface area contributed by atoms with Crippen molar-refractivity contribution in [2.75, 3.05) is 23.3 Å². The van der Waals surface area contributed by atoms with Gasteiger partial charge < -0.3 is 10.1 Å². The largest absolute Gasteiger partial charge is 0.484 e. The maximum Gasteiger partial charge on any atom is 0.264 e. The van der Waals surface area contributed by atoms with Crippen molar-refractivity contribution in [3.63, 3.8) is 0 Å². The molecule has 0 aromatic heterocycles. The van der Waals surface area contributed by atoms with Crippen molar-refractivity contribution >= 4 is 27.3 Å². The van der Waals surface area contributed by atoms with E-state index in [-0.39, 0.29) is 17.4 Å². The number of aryl methyl sites for hydroxylation is 2. The molecular weight excluding hydrogens is 400 g/mol. The smallest absolute Gasteiger partial charge is 0.264 e. The second kappa shape index (κ2) is 9.00. The van der Waals surface area contributed by atoms with Crippen LogP contribution in [0.4, 0.5) is 11.4 Å². The first kappa shape index (κ1) is 21.4. The Balaban J connectivity index is 1.61. The molecule has 0 aliphatic rings. The fourth-order valence-corrected chi connectivity index (χ4v) is 4.02. The molecule has 7 heteroatoms. The third-order valence-corrected chi connectivity index (χ3v) is 6.35. The second-order valence-corrected chi connectivity index (χ2v) is 8.96. The highest BCUT2D eigenvalue weighted by atomic mass is 32.2. The van der Waals surface area contributed by atoms with Crippen LogP contribution in [0.25, 0.3) is 0 Å². The van der Waals surface area contributed by atoms with E-state index in [1.807, 2.05) is 38.1 Å². The van der Waals surface area contributed by atoms with Crippen molar-refractivity contribution in [3.8, 4) is 5.75 Å². The number of hydrogen-bond donors (Lipinski definition) is 1. The van der Waals surface area contributed by atoms with E-state index in [9.17, 15) is 13.2 Å². The summed E-state index contributed by atoms with van der Waals surface area (Å²) in [5, 5.41) is 2.77. The van der Waals surface area contributed by atoms with Gasteiger partial charge in [0, 0.05) is 12.7 Å². The highest BCUT2D eigenvalue weighted by molar-refractivity contribution is 7.92. The Morgan fingerprint density at radius 1 is 0.933 bits per heavy atom. The third kappa shape index (κ3) is 5.18. The van der Waals surface area contributed by atoms with Gasteiger partial charge in [0.1, 0.15) is 5.75 Å². The van der Waals surface area contributed by atoms with Gasteiger partial charge in [0.15, 0.2) is 6.61 Å². The van der Waals surface area contributed by atoms with Crippen LogP contribution in [0.5, 0.6) is 5.75 Å². The van der Waals surface area contributed by atoms with Gasteiger partial charge >= 0.3 is 0 Å². The van der Waals surface area contributed by atoms with E-state index in [2.05, 4.69) is 5.32 Å². The Labute approximate surface area is 177 Å². The molecule has 6 nitrogen and oxygen atoms in total. The van der Waals surface area contributed by atoms with Gasteiger partial charge in [-0.3, -0.25) is 9.10 Å². The van der Waals surface area contributed by atoms with E-state index in [1.165, 1.54) is 11.4 Å². The van der Waals surface area contributed by atoms with E-state index < -0.39 is 10.0 Å². The number of nitrogens with one attached hydrogen (secondary N) is 1. The fraction of sp³-hybridized carbons (Fsp3) is 0.174. The Hall–Kier alpha value is -3.32. The van der Waals surface area contributed by atoms with Crippen LogP contribution in [0, 0.1) is 13.8 Å². The van der Waals surface area contributed by atoms with Crippen LogP contribution in [0.3, 0.4) is 0 Å². The first-order valence-electron chi connectivity index (χ1n) is 9.41. The number of nitrogens with zero attached hydrogens (tertiary/aromatic N) is 1. The first-order valence-corrected chi connectivity index (χ1v) is 10.8. The number of rotatable bonds is 7. The molecule has 1 N–H and O–H groups in total. The lowest BCUT2D eigenvalue weighted by molar-refractivity contribution is -0.118. The van der Waals surface area contributed by atoms with Crippen LogP contribution < -0.4 is 14.4 Å². The molecule has 0 saturated heterocycles. The van der Waals surface area contributed by atoms with Crippen LogP contribution in [-0.2, 0) is 14.8 Å². The van der Waals surface area contributed by atoms with Crippen molar-refractivity contribution < 1.29 is 17.9 Å². The van der Waals surface area contributed by atoms with Crippen LogP contribution in [-0.4, -0.2) is 28.0 Å².